The molecule has 0 aliphatic carbocycles. The molecule has 0 saturated heterocycles. The maximum atomic E-state index is 13.5. The van der Waals surface area contributed by atoms with E-state index in [1.54, 1.807) is 0 Å². The van der Waals surface area contributed by atoms with Crippen molar-refractivity contribution in [2.75, 3.05) is 17.9 Å². The molecule has 0 unspecified atom stereocenters. The zero-order chi connectivity index (χ0) is 13.8. The fourth-order valence-electron chi connectivity index (χ4n) is 1.48. The minimum Gasteiger partial charge on any atom is -0.490 e. The van der Waals surface area contributed by atoms with Crippen molar-refractivity contribution in [3.8, 4) is 5.75 Å². The number of nitrogens with one attached hydrogen (secondary N) is 2. The first-order valence-electron chi connectivity index (χ1n) is 5.23. The highest BCUT2D eigenvalue weighted by Crippen LogP contribution is 2.31. The van der Waals surface area contributed by atoms with Crippen LogP contribution in [0.3, 0.4) is 0 Å². The van der Waals surface area contributed by atoms with Crippen molar-refractivity contribution in [1.29, 1.82) is 0 Å². The monoisotopic (exact) mass is 267 g/mol. The molecule has 0 aliphatic rings. The third-order valence-corrected chi connectivity index (χ3v) is 2.33. The molecule has 0 radical (unpaired) electrons. The van der Waals surface area contributed by atoms with E-state index >= 15 is 0 Å². The van der Waals surface area contributed by atoms with Crippen molar-refractivity contribution in [2.24, 2.45) is 5.84 Å². The minimum absolute atomic E-state index is 0.0568. The molecular weight excluding hydrogens is 256 g/mol. The second kappa shape index (κ2) is 5.44. The minimum atomic E-state index is -0.747. The van der Waals surface area contributed by atoms with Gasteiger partial charge in [-0.1, -0.05) is 0 Å². The summed E-state index contributed by atoms with van der Waals surface area (Å²) in [5.74, 6) is 4.51. The van der Waals surface area contributed by atoms with E-state index in [2.05, 4.69) is 20.7 Å². The quantitative estimate of drug-likeness (QED) is 0.578. The molecule has 100 valence electrons. The van der Waals surface area contributed by atoms with Crippen LogP contribution in [0.5, 0.6) is 5.75 Å². The van der Waals surface area contributed by atoms with Crippen LogP contribution in [-0.4, -0.2) is 17.1 Å². The lowest BCUT2D eigenvalue weighted by molar-refractivity contribution is 0.415. The molecule has 1 aromatic heterocycles. The van der Waals surface area contributed by atoms with E-state index in [-0.39, 0.29) is 23.1 Å². The van der Waals surface area contributed by atoms with Crippen LogP contribution in [0.4, 0.5) is 26.1 Å². The van der Waals surface area contributed by atoms with Crippen LogP contribution >= 0.6 is 0 Å². The van der Waals surface area contributed by atoms with Gasteiger partial charge >= 0.3 is 0 Å². The molecule has 19 heavy (non-hydrogen) atoms. The number of hydrogen-bond donors (Lipinski definition) is 3. The van der Waals surface area contributed by atoms with E-state index < -0.39 is 11.6 Å². The van der Waals surface area contributed by atoms with Gasteiger partial charge in [0.25, 0.3) is 0 Å². The summed E-state index contributed by atoms with van der Waals surface area (Å²) >= 11 is 0. The van der Waals surface area contributed by atoms with Gasteiger partial charge in [0.05, 0.1) is 12.8 Å². The van der Waals surface area contributed by atoms with Gasteiger partial charge in [0.2, 0.25) is 5.75 Å². The highest BCUT2D eigenvalue weighted by molar-refractivity contribution is 5.69. The summed E-state index contributed by atoms with van der Waals surface area (Å²) in [6.45, 7) is 0. The summed E-state index contributed by atoms with van der Waals surface area (Å²) in [5, 5.41) is 2.68. The lowest BCUT2D eigenvalue weighted by Gasteiger charge is -2.12. The molecule has 0 fully saturated rings. The van der Waals surface area contributed by atoms with Crippen molar-refractivity contribution in [3.63, 3.8) is 0 Å². The summed E-state index contributed by atoms with van der Waals surface area (Å²) in [4.78, 5) is 7.75. The van der Waals surface area contributed by atoms with E-state index in [1.165, 1.54) is 19.5 Å². The maximum absolute atomic E-state index is 13.5. The molecule has 2 rings (SSSR count). The Morgan fingerprint density at radius 2 is 1.95 bits per heavy atom. The van der Waals surface area contributed by atoms with Gasteiger partial charge in [-0.05, 0) is 12.1 Å². The van der Waals surface area contributed by atoms with Crippen LogP contribution < -0.4 is 21.3 Å². The molecule has 0 spiro atoms. The predicted molar refractivity (Wildman–Crippen MR) is 66.0 cm³/mol. The van der Waals surface area contributed by atoms with Crippen molar-refractivity contribution in [1.82, 2.24) is 9.97 Å². The molecule has 0 amide bonds. The summed E-state index contributed by atoms with van der Waals surface area (Å²) < 4.78 is 31.4. The molecule has 0 aliphatic heterocycles. The van der Waals surface area contributed by atoms with Gasteiger partial charge in [-0.3, -0.25) is 0 Å². The van der Waals surface area contributed by atoms with E-state index in [0.717, 1.165) is 12.1 Å². The summed E-state index contributed by atoms with van der Waals surface area (Å²) in [5.41, 5.74) is 2.38. The highest BCUT2D eigenvalue weighted by Gasteiger charge is 2.13. The Morgan fingerprint density at radius 1 is 1.21 bits per heavy atom. The van der Waals surface area contributed by atoms with Crippen LogP contribution in [-0.2, 0) is 0 Å². The smallest absolute Gasteiger partial charge is 0.205 e. The number of ether oxygens (including phenoxy) is 1. The van der Waals surface area contributed by atoms with Crippen LogP contribution in [0.25, 0.3) is 0 Å². The van der Waals surface area contributed by atoms with E-state index in [0.29, 0.717) is 0 Å². The molecule has 1 aromatic carbocycles. The van der Waals surface area contributed by atoms with Crippen molar-refractivity contribution < 1.29 is 13.5 Å². The predicted octanol–water partition coefficient (Wildman–Crippen LogP) is 1.79. The normalized spacial score (nSPS) is 10.1. The van der Waals surface area contributed by atoms with Crippen LogP contribution in [0.2, 0.25) is 0 Å². The number of hydrogen-bond acceptors (Lipinski definition) is 6. The highest BCUT2D eigenvalue weighted by atomic mass is 19.1. The molecule has 0 bridgehead atoms. The molecular formula is C11H11F2N5O. The lowest BCUT2D eigenvalue weighted by Crippen LogP contribution is -2.11. The fourth-order valence-corrected chi connectivity index (χ4v) is 1.48. The van der Waals surface area contributed by atoms with Gasteiger partial charge in [-0.2, -0.15) is 0 Å². The van der Waals surface area contributed by atoms with Gasteiger partial charge in [-0.25, -0.2) is 24.6 Å². The van der Waals surface area contributed by atoms with E-state index in [9.17, 15) is 8.78 Å². The third-order valence-electron chi connectivity index (χ3n) is 2.33. The van der Waals surface area contributed by atoms with Crippen molar-refractivity contribution in [2.45, 2.75) is 0 Å². The molecule has 0 atom stereocenters. The number of aromatic nitrogens is 2. The summed E-state index contributed by atoms with van der Waals surface area (Å²) in [6, 6.07) is 3.14. The average molecular weight is 267 g/mol. The molecule has 0 saturated carbocycles. The molecule has 6 nitrogen and oxygen atoms in total. The molecule has 4 N–H and O–H groups in total. The summed E-state index contributed by atoms with van der Waals surface area (Å²) in [6.07, 6.45) is 1.22. The Bertz CT molecular complexity index is 593. The zero-order valence-corrected chi connectivity index (χ0v) is 9.95. The van der Waals surface area contributed by atoms with Crippen molar-refractivity contribution in [3.05, 3.63) is 36.2 Å². The van der Waals surface area contributed by atoms with Crippen LogP contribution in [0, 0.1) is 11.6 Å². The Kier molecular flexibility index (Phi) is 3.71. The van der Waals surface area contributed by atoms with E-state index in [4.69, 9.17) is 10.6 Å². The second-order valence-corrected chi connectivity index (χ2v) is 3.50. The Morgan fingerprint density at radius 3 is 2.58 bits per heavy atom. The number of rotatable bonds is 4. The van der Waals surface area contributed by atoms with Gasteiger partial charge < -0.3 is 15.5 Å². The SMILES string of the molecule is COc1c(NN)ncnc1Nc1ccc(F)cc1F. The van der Waals surface area contributed by atoms with E-state index in [1.807, 2.05) is 0 Å². The molecule has 2 aromatic rings. The number of nitrogens with zero attached hydrogens (tertiary/aromatic N) is 2. The maximum Gasteiger partial charge on any atom is 0.205 e. The fraction of sp³-hybridized carbons (Fsp3) is 0.0909. The lowest BCUT2D eigenvalue weighted by atomic mass is 10.3. The second-order valence-electron chi connectivity index (χ2n) is 3.50. The topological polar surface area (TPSA) is 85.1 Å². The number of halogens is 2. The number of methoxy groups -OCH3 is 1. The largest absolute Gasteiger partial charge is 0.490 e. The Hall–Kier alpha value is -2.48. The first-order chi connectivity index (χ1) is 9.15. The number of benzene rings is 1. The third kappa shape index (κ3) is 2.68. The first-order valence-corrected chi connectivity index (χ1v) is 5.23. The zero-order valence-electron chi connectivity index (χ0n) is 9.95. The van der Waals surface area contributed by atoms with Gasteiger partial charge in [0.1, 0.15) is 18.0 Å². The molecule has 1 heterocycles. The number of nitrogen functional groups attached to an aromatic ring is 1. The number of nitrogens with two attached hydrogens (primary N) is 1. The van der Waals surface area contributed by atoms with Gasteiger partial charge in [0.15, 0.2) is 11.6 Å². The number of anilines is 3. The Balaban J connectivity index is 2.37. The standard InChI is InChI=1S/C11H11F2N5O/c1-19-9-10(15-5-16-11(9)18-14)17-8-3-2-6(12)4-7(8)13/h2-5H,14H2,1H3,(H2,15,16,17,18). The first kappa shape index (κ1) is 13.0. The van der Waals surface area contributed by atoms with Gasteiger partial charge in [-0.15, -0.1) is 0 Å². The number of hydrazine groups is 1. The van der Waals surface area contributed by atoms with Gasteiger partial charge in [0, 0.05) is 6.07 Å². The molecule has 8 heteroatoms. The summed E-state index contributed by atoms with van der Waals surface area (Å²) in [7, 11) is 1.39. The average Bonchev–Trinajstić information content (AvgIpc) is 2.41. The van der Waals surface area contributed by atoms with Crippen molar-refractivity contribution >= 4 is 17.3 Å². The van der Waals surface area contributed by atoms with Crippen LogP contribution in [0.15, 0.2) is 24.5 Å². The van der Waals surface area contributed by atoms with Crippen LogP contribution in [0.1, 0.15) is 0 Å². The Labute approximate surface area is 107 Å².